The maximum atomic E-state index is 12.8. The Hall–Kier alpha value is -2.17. The molecule has 2 amide bonds. The summed E-state index contributed by atoms with van der Waals surface area (Å²) in [5.41, 5.74) is 1.03. The molecule has 1 atom stereocenters. The molecule has 1 aliphatic rings. The van der Waals surface area contributed by atoms with Gasteiger partial charge in [0.05, 0.1) is 21.0 Å². The number of sulfonamides is 1. The summed E-state index contributed by atoms with van der Waals surface area (Å²) in [5.74, 6) is -0.385. The molecule has 1 fully saturated rings. The predicted octanol–water partition coefficient (Wildman–Crippen LogP) is 3.46. The molecule has 32 heavy (non-hydrogen) atoms. The highest BCUT2D eigenvalue weighted by molar-refractivity contribution is 7.89. The molecule has 3 rings (SSSR count). The van der Waals surface area contributed by atoms with Crippen LogP contribution in [-0.2, 0) is 19.6 Å². The Morgan fingerprint density at radius 2 is 1.69 bits per heavy atom. The first-order valence-corrected chi connectivity index (χ1v) is 12.4. The van der Waals surface area contributed by atoms with Crippen LogP contribution in [0, 0.1) is 0 Å². The summed E-state index contributed by atoms with van der Waals surface area (Å²) in [7, 11) is -3.79. The average Bonchev–Trinajstić information content (AvgIpc) is 2.75. The van der Waals surface area contributed by atoms with Gasteiger partial charge in [-0.2, -0.15) is 0 Å². The maximum Gasteiger partial charge on any atom is 0.241 e. The van der Waals surface area contributed by atoms with Gasteiger partial charge in [0.15, 0.2) is 0 Å². The minimum atomic E-state index is -3.79. The molecule has 0 bridgehead atoms. The monoisotopic (exact) mass is 498 g/mol. The topological polar surface area (TPSA) is 122 Å². The molecule has 1 aliphatic heterocycles. The molecule has 1 heterocycles. The Balaban J connectivity index is 1.55. The third kappa shape index (κ3) is 6.66. The average molecular weight is 499 g/mol. The number of benzene rings is 2. The third-order valence-corrected chi connectivity index (χ3v) is 6.86. The number of amides is 2. The molecule has 0 radical (unpaired) electrons. The standard InChI is InChI=1S/C21H24Cl2N4O4S/c22-17-9-6-15(13-18(17)23)26-21(29)19-3-1-2-11-27(19)12-10-20(28)25-14-4-7-16(8-5-14)32(24,30)31/h4-9,13,19H,1-3,10-12H2,(H,25,28)(H,26,29)(H2,24,30,31)/t19-/m0/s1. The van der Waals surface area contributed by atoms with Crippen molar-refractivity contribution in [2.24, 2.45) is 5.14 Å². The smallest absolute Gasteiger partial charge is 0.241 e. The summed E-state index contributed by atoms with van der Waals surface area (Å²) in [4.78, 5) is 27.2. The number of likely N-dealkylation sites (tertiary alicyclic amines) is 1. The molecule has 0 unspecified atom stereocenters. The molecule has 0 aromatic heterocycles. The van der Waals surface area contributed by atoms with Gasteiger partial charge in [0.2, 0.25) is 21.8 Å². The van der Waals surface area contributed by atoms with Gasteiger partial charge in [-0.05, 0) is 61.9 Å². The summed E-state index contributed by atoms with van der Waals surface area (Å²) in [5, 5.41) is 11.4. The first kappa shape index (κ1) is 24.5. The van der Waals surface area contributed by atoms with E-state index >= 15 is 0 Å². The molecule has 2 aromatic rings. The molecule has 0 saturated carbocycles. The Labute approximate surface area is 197 Å². The number of piperidine rings is 1. The fourth-order valence-corrected chi connectivity index (χ4v) is 4.37. The number of carbonyl (C=O) groups excluding carboxylic acids is 2. The lowest BCUT2D eigenvalue weighted by Crippen LogP contribution is -2.47. The number of nitrogens with zero attached hydrogens (tertiary/aromatic N) is 1. The zero-order valence-electron chi connectivity index (χ0n) is 17.2. The number of hydrogen-bond donors (Lipinski definition) is 3. The van der Waals surface area contributed by atoms with E-state index in [1.54, 1.807) is 18.2 Å². The largest absolute Gasteiger partial charge is 0.326 e. The first-order valence-electron chi connectivity index (χ1n) is 10.1. The quantitative estimate of drug-likeness (QED) is 0.539. The van der Waals surface area contributed by atoms with Gasteiger partial charge >= 0.3 is 0 Å². The van der Waals surface area contributed by atoms with Gasteiger partial charge in [0, 0.05) is 24.3 Å². The van der Waals surface area contributed by atoms with E-state index in [0.717, 1.165) is 19.4 Å². The van der Waals surface area contributed by atoms with Gasteiger partial charge in [-0.25, -0.2) is 13.6 Å². The highest BCUT2D eigenvalue weighted by Crippen LogP contribution is 2.26. The summed E-state index contributed by atoms with van der Waals surface area (Å²) >= 11 is 11.9. The molecule has 4 N–H and O–H groups in total. The van der Waals surface area contributed by atoms with E-state index in [2.05, 4.69) is 10.6 Å². The molecule has 172 valence electrons. The van der Waals surface area contributed by atoms with Crippen LogP contribution in [-0.4, -0.2) is 44.3 Å². The van der Waals surface area contributed by atoms with Crippen LogP contribution in [0.1, 0.15) is 25.7 Å². The van der Waals surface area contributed by atoms with Crippen LogP contribution in [0.15, 0.2) is 47.4 Å². The van der Waals surface area contributed by atoms with E-state index in [-0.39, 0.29) is 29.2 Å². The van der Waals surface area contributed by atoms with Crippen LogP contribution < -0.4 is 15.8 Å². The van der Waals surface area contributed by atoms with Gasteiger partial charge < -0.3 is 10.6 Å². The minimum absolute atomic E-state index is 0.0281. The lowest BCUT2D eigenvalue weighted by atomic mass is 10.0. The summed E-state index contributed by atoms with van der Waals surface area (Å²) in [6, 6.07) is 10.2. The van der Waals surface area contributed by atoms with Crippen LogP contribution in [0.3, 0.4) is 0 Å². The summed E-state index contributed by atoms with van der Waals surface area (Å²) in [6.07, 6.45) is 2.77. The third-order valence-electron chi connectivity index (χ3n) is 5.20. The van der Waals surface area contributed by atoms with Crippen LogP contribution in [0.2, 0.25) is 10.0 Å². The summed E-state index contributed by atoms with van der Waals surface area (Å²) in [6.45, 7) is 1.14. The number of halogens is 2. The Morgan fingerprint density at radius 1 is 1.00 bits per heavy atom. The molecular formula is C21H24Cl2N4O4S. The second kappa shape index (κ2) is 10.6. The van der Waals surface area contributed by atoms with E-state index in [1.807, 2.05) is 4.90 Å². The predicted molar refractivity (Wildman–Crippen MR) is 125 cm³/mol. The van der Waals surface area contributed by atoms with Gasteiger partial charge in [-0.15, -0.1) is 0 Å². The van der Waals surface area contributed by atoms with E-state index < -0.39 is 10.0 Å². The van der Waals surface area contributed by atoms with E-state index in [9.17, 15) is 18.0 Å². The molecule has 1 saturated heterocycles. The SMILES string of the molecule is NS(=O)(=O)c1ccc(NC(=O)CCN2CCCC[C@H]2C(=O)Nc2ccc(Cl)c(Cl)c2)cc1. The van der Waals surface area contributed by atoms with Crippen molar-refractivity contribution in [2.75, 3.05) is 23.7 Å². The number of rotatable bonds is 7. The molecule has 0 spiro atoms. The van der Waals surface area contributed by atoms with Crippen molar-refractivity contribution in [2.45, 2.75) is 36.6 Å². The van der Waals surface area contributed by atoms with Gasteiger partial charge in [0.25, 0.3) is 0 Å². The Bertz CT molecular complexity index is 1090. The van der Waals surface area contributed by atoms with Crippen molar-refractivity contribution >= 4 is 56.4 Å². The number of carbonyl (C=O) groups is 2. The first-order chi connectivity index (χ1) is 15.1. The number of nitrogens with one attached hydrogen (secondary N) is 2. The molecule has 2 aromatic carbocycles. The van der Waals surface area contributed by atoms with Crippen molar-refractivity contribution in [3.63, 3.8) is 0 Å². The highest BCUT2D eigenvalue weighted by Gasteiger charge is 2.29. The van der Waals surface area contributed by atoms with E-state index in [4.69, 9.17) is 28.3 Å². The Kier molecular flexibility index (Phi) is 8.13. The van der Waals surface area contributed by atoms with Crippen molar-refractivity contribution in [3.8, 4) is 0 Å². The van der Waals surface area contributed by atoms with Gasteiger partial charge in [-0.3, -0.25) is 14.5 Å². The molecule has 8 nitrogen and oxygen atoms in total. The normalized spacial score (nSPS) is 17.0. The van der Waals surface area contributed by atoms with Gasteiger partial charge in [-0.1, -0.05) is 29.6 Å². The van der Waals surface area contributed by atoms with E-state index in [0.29, 0.717) is 34.4 Å². The lowest BCUT2D eigenvalue weighted by Gasteiger charge is -2.34. The fourth-order valence-electron chi connectivity index (χ4n) is 3.55. The number of anilines is 2. The fraction of sp³-hybridized carbons (Fsp3) is 0.333. The zero-order chi connectivity index (χ0) is 23.3. The second-order valence-electron chi connectivity index (χ2n) is 7.53. The second-order valence-corrected chi connectivity index (χ2v) is 9.91. The lowest BCUT2D eigenvalue weighted by molar-refractivity contribution is -0.123. The van der Waals surface area contributed by atoms with Crippen LogP contribution in [0.25, 0.3) is 0 Å². The molecule has 0 aliphatic carbocycles. The van der Waals surface area contributed by atoms with Gasteiger partial charge in [0.1, 0.15) is 0 Å². The van der Waals surface area contributed by atoms with Crippen LogP contribution in [0.4, 0.5) is 11.4 Å². The highest BCUT2D eigenvalue weighted by atomic mass is 35.5. The number of primary sulfonamides is 1. The van der Waals surface area contributed by atoms with Crippen molar-refractivity contribution in [1.29, 1.82) is 0 Å². The molecule has 11 heteroatoms. The van der Waals surface area contributed by atoms with Crippen LogP contribution >= 0.6 is 23.2 Å². The number of hydrogen-bond acceptors (Lipinski definition) is 5. The van der Waals surface area contributed by atoms with Crippen LogP contribution in [0.5, 0.6) is 0 Å². The van der Waals surface area contributed by atoms with Crippen molar-refractivity contribution < 1.29 is 18.0 Å². The van der Waals surface area contributed by atoms with Crippen molar-refractivity contribution in [1.82, 2.24) is 4.90 Å². The minimum Gasteiger partial charge on any atom is -0.326 e. The maximum absolute atomic E-state index is 12.8. The Morgan fingerprint density at radius 3 is 2.34 bits per heavy atom. The number of nitrogens with two attached hydrogens (primary N) is 1. The summed E-state index contributed by atoms with van der Waals surface area (Å²) < 4.78 is 22.6. The van der Waals surface area contributed by atoms with E-state index in [1.165, 1.54) is 24.3 Å². The molecular weight excluding hydrogens is 475 g/mol. The zero-order valence-corrected chi connectivity index (χ0v) is 19.5. The van der Waals surface area contributed by atoms with Crippen molar-refractivity contribution in [3.05, 3.63) is 52.5 Å².